The van der Waals surface area contributed by atoms with Crippen LogP contribution in [0.15, 0.2) is 29.4 Å². The average Bonchev–Trinajstić information content (AvgIpc) is 2.39. The number of ether oxygens (including phenoxy) is 2. The van der Waals surface area contributed by atoms with Crippen LogP contribution in [0.4, 0.5) is 5.69 Å². The van der Waals surface area contributed by atoms with E-state index in [1.54, 1.807) is 7.11 Å². The van der Waals surface area contributed by atoms with Crippen LogP contribution in [0.3, 0.4) is 0 Å². The molecule has 1 aromatic carbocycles. The summed E-state index contributed by atoms with van der Waals surface area (Å²) in [4.78, 5) is 11.3. The number of benzene rings is 1. The van der Waals surface area contributed by atoms with Crippen molar-refractivity contribution in [3.8, 4) is 5.75 Å². The molecule has 0 radical (unpaired) electrons. The van der Waals surface area contributed by atoms with Gasteiger partial charge in [-0.1, -0.05) is 6.92 Å². The Morgan fingerprint density at radius 2 is 1.94 bits per heavy atom. The standard InChI is InChI=1S/C12H16N2O3/c1-4-11(12(15)17-3)14-13-9-5-7-10(16-2)8-6-9/h5-8,13H,4H2,1-3H3/b14-11+. The summed E-state index contributed by atoms with van der Waals surface area (Å²) in [5, 5.41) is 3.99. The number of carbonyl (C=O) groups is 1. The van der Waals surface area contributed by atoms with Crippen LogP contribution in [0.5, 0.6) is 5.75 Å². The van der Waals surface area contributed by atoms with Gasteiger partial charge in [-0.2, -0.15) is 5.10 Å². The molecule has 0 bridgehead atoms. The molecule has 0 saturated carbocycles. The predicted octanol–water partition coefficient (Wildman–Crippen LogP) is 2.05. The SMILES string of the molecule is CC/C(=N\Nc1ccc(OC)cc1)C(=O)OC. The average molecular weight is 236 g/mol. The van der Waals surface area contributed by atoms with Gasteiger partial charge in [-0.25, -0.2) is 4.79 Å². The molecule has 1 N–H and O–H groups in total. The van der Waals surface area contributed by atoms with Crippen molar-refractivity contribution in [2.24, 2.45) is 5.10 Å². The molecule has 0 aliphatic rings. The van der Waals surface area contributed by atoms with Gasteiger partial charge in [-0.15, -0.1) is 0 Å². The minimum absolute atomic E-state index is 0.350. The van der Waals surface area contributed by atoms with E-state index < -0.39 is 5.97 Å². The predicted molar refractivity (Wildman–Crippen MR) is 66.4 cm³/mol. The maximum Gasteiger partial charge on any atom is 0.354 e. The van der Waals surface area contributed by atoms with Crippen LogP contribution in [-0.2, 0) is 9.53 Å². The Hall–Kier alpha value is -2.04. The van der Waals surface area contributed by atoms with E-state index >= 15 is 0 Å². The topological polar surface area (TPSA) is 59.9 Å². The van der Waals surface area contributed by atoms with Gasteiger partial charge in [0.25, 0.3) is 0 Å². The second kappa shape index (κ2) is 6.52. The number of nitrogens with one attached hydrogen (secondary N) is 1. The van der Waals surface area contributed by atoms with Gasteiger partial charge < -0.3 is 9.47 Å². The van der Waals surface area contributed by atoms with Crippen molar-refractivity contribution in [2.75, 3.05) is 19.6 Å². The smallest absolute Gasteiger partial charge is 0.354 e. The third kappa shape index (κ3) is 3.79. The van der Waals surface area contributed by atoms with Gasteiger partial charge in [-0.3, -0.25) is 5.43 Å². The van der Waals surface area contributed by atoms with Crippen LogP contribution in [-0.4, -0.2) is 25.9 Å². The third-order valence-electron chi connectivity index (χ3n) is 2.17. The fourth-order valence-corrected chi connectivity index (χ4v) is 1.18. The second-order valence-electron chi connectivity index (χ2n) is 3.24. The lowest BCUT2D eigenvalue weighted by Gasteiger charge is -2.04. The number of methoxy groups -OCH3 is 2. The Bertz CT molecular complexity index is 399. The quantitative estimate of drug-likeness (QED) is 0.483. The van der Waals surface area contributed by atoms with Crippen molar-refractivity contribution in [3.05, 3.63) is 24.3 Å². The summed E-state index contributed by atoms with van der Waals surface area (Å²) in [5.41, 5.74) is 3.92. The largest absolute Gasteiger partial charge is 0.497 e. The van der Waals surface area contributed by atoms with E-state index in [-0.39, 0.29) is 0 Å². The number of rotatable bonds is 5. The molecule has 1 aromatic rings. The van der Waals surface area contributed by atoms with Crippen molar-refractivity contribution in [1.82, 2.24) is 0 Å². The summed E-state index contributed by atoms with van der Waals surface area (Å²) >= 11 is 0. The lowest BCUT2D eigenvalue weighted by Crippen LogP contribution is -2.16. The molecule has 0 saturated heterocycles. The highest BCUT2D eigenvalue weighted by atomic mass is 16.5. The molecule has 0 amide bonds. The van der Waals surface area contributed by atoms with E-state index in [0.717, 1.165) is 11.4 Å². The first kappa shape index (κ1) is 13.0. The molecule has 0 aliphatic carbocycles. The van der Waals surface area contributed by atoms with Crippen LogP contribution in [0, 0.1) is 0 Å². The molecule has 5 nitrogen and oxygen atoms in total. The highest BCUT2D eigenvalue weighted by molar-refractivity contribution is 6.36. The van der Waals surface area contributed by atoms with Crippen molar-refractivity contribution < 1.29 is 14.3 Å². The van der Waals surface area contributed by atoms with Crippen molar-refractivity contribution in [1.29, 1.82) is 0 Å². The molecule has 0 aromatic heterocycles. The molecule has 17 heavy (non-hydrogen) atoms. The van der Waals surface area contributed by atoms with E-state index in [2.05, 4.69) is 15.3 Å². The van der Waals surface area contributed by atoms with Gasteiger partial charge in [-0.05, 0) is 30.7 Å². The monoisotopic (exact) mass is 236 g/mol. The summed E-state index contributed by atoms with van der Waals surface area (Å²) in [5.74, 6) is 0.344. The molecular formula is C12H16N2O3. The fourth-order valence-electron chi connectivity index (χ4n) is 1.18. The molecule has 92 valence electrons. The number of anilines is 1. The van der Waals surface area contributed by atoms with Gasteiger partial charge >= 0.3 is 5.97 Å². The summed E-state index contributed by atoms with van der Waals surface area (Å²) in [6.45, 7) is 1.84. The van der Waals surface area contributed by atoms with Gasteiger partial charge in [0.05, 0.1) is 19.9 Å². The first-order chi connectivity index (χ1) is 8.21. The van der Waals surface area contributed by atoms with Crippen LogP contribution >= 0.6 is 0 Å². The zero-order chi connectivity index (χ0) is 12.7. The first-order valence-corrected chi connectivity index (χ1v) is 5.26. The van der Waals surface area contributed by atoms with Crippen molar-refractivity contribution in [2.45, 2.75) is 13.3 Å². The molecule has 5 heteroatoms. The van der Waals surface area contributed by atoms with Crippen molar-refractivity contribution in [3.63, 3.8) is 0 Å². The molecule has 0 heterocycles. The molecular weight excluding hydrogens is 220 g/mol. The number of hydrogen-bond donors (Lipinski definition) is 1. The summed E-state index contributed by atoms with van der Waals surface area (Å²) in [6, 6.07) is 7.24. The minimum atomic E-state index is -0.423. The van der Waals surface area contributed by atoms with E-state index in [1.807, 2.05) is 31.2 Å². The molecule has 0 unspecified atom stereocenters. The number of carbonyl (C=O) groups excluding carboxylic acids is 1. The summed E-state index contributed by atoms with van der Waals surface area (Å²) < 4.78 is 9.63. The third-order valence-corrected chi connectivity index (χ3v) is 2.17. The Morgan fingerprint density at radius 1 is 1.29 bits per heavy atom. The zero-order valence-corrected chi connectivity index (χ0v) is 10.2. The van der Waals surface area contributed by atoms with Gasteiger partial charge in [0.15, 0.2) is 0 Å². The highest BCUT2D eigenvalue weighted by Gasteiger charge is 2.08. The lowest BCUT2D eigenvalue weighted by atomic mass is 10.3. The number of hydrogen-bond acceptors (Lipinski definition) is 5. The zero-order valence-electron chi connectivity index (χ0n) is 10.2. The number of hydrazone groups is 1. The molecule has 0 atom stereocenters. The molecule has 0 fully saturated rings. The molecule has 1 rings (SSSR count). The van der Waals surface area contributed by atoms with Crippen molar-refractivity contribution >= 4 is 17.4 Å². The van der Waals surface area contributed by atoms with E-state index in [0.29, 0.717) is 12.1 Å². The van der Waals surface area contributed by atoms with Gasteiger partial charge in [0.2, 0.25) is 0 Å². The minimum Gasteiger partial charge on any atom is -0.497 e. The van der Waals surface area contributed by atoms with Crippen LogP contribution in [0.1, 0.15) is 13.3 Å². The Morgan fingerprint density at radius 3 is 2.41 bits per heavy atom. The van der Waals surface area contributed by atoms with Crippen LogP contribution in [0.2, 0.25) is 0 Å². The van der Waals surface area contributed by atoms with E-state index in [9.17, 15) is 4.79 Å². The lowest BCUT2D eigenvalue weighted by molar-refractivity contribution is -0.132. The summed E-state index contributed by atoms with van der Waals surface area (Å²) in [6.07, 6.45) is 0.510. The first-order valence-electron chi connectivity index (χ1n) is 5.26. The van der Waals surface area contributed by atoms with Crippen LogP contribution < -0.4 is 10.2 Å². The number of nitrogens with zero attached hydrogens (tertiary/aromatic N) is 1. The maximum absolute atomic E-state index is 11.3. The highest BCUT2D eigenvalue weighted by Crippen LogP contribution is 2.14. The van der Waals surface area contributed by atoms with Crippen LogP contribution in [0.25, 0.3) is 0 Å². The Kier molecular flexibility index (Phi) is 5.00. The maximum atomic E-state index is 11.3. The van der Waals surface area contributed by atoms with Gasteiger partial charge in [0, 0.05) is 0 Å². The second-order valence-corrected chi connectivity index (χ2v) is 3.24. The fraction of sp³-hybridized carbons (Fsp3) is 0.333. The van der Waals surface area contributed by atoms with E-state index in [1.165, 1.54) is 7.11 Å². The van der Waals surface area contributed by atoms with Gasteiger partial charge in [0.1, 0.15) is 11.5 Å². The Balaban J connectivity index is 2.69. The van der Waals surface area contributed by atoms with E-state index in [4.69, 9.17) is 4.74 Å². The molecule has 0 aliphatic heterocycles. The number of esters is 1. The normalized spacial score (nSPS) is 10.9. The summed E-state index contributed by atoms with van der Waals surface area (Å²) in [7, 11) is 2.94. The Labute approximate surface area is 100 Å². The molecule has 0 spiro atoms.